The van der Waals surface area contributed by atoms with Gasteiger partial charge in [0.15, 0.2) is 0 Å². The third-order valence-corrected chi connectivity index (χ3v) is 5.94. The van der Waals surface area contributed by atoms with Crippen LogP contribution in [-0.2, 0) is 6.42 Å². The maximum atomic E-state index is 9.48. The molecule has 0 saturated heterocycles. The van der Waals surface area contributed by atoms with E-state index in [0.29, 0.717) is 5.82 Å². The molecule has 5 nitrogen and oxygen atoms in total. The van der Waals surface area contributed by atoms with Crippen LogP contribution in [-0.4, -0.2) is 23.5 Å². The van der Waals surface area contributed by atoms with Gasteiger partial charge in [-0.2, -0.15) is 0 Å². The van der Waals surface area contributed by atoms with Gasteiger partial charge in [-0.15, -0.1) is 0 Å². The number of fused-ring (bicyclic) bond motifs is 2. The summed E-state index contributed by atoms with van der Waals surface area (Å²) < 4.78 is 5.32. The molecule has 0 saturated carbocycles. The molecular formula is C26H23N3O2. The Labute approximate surface area is 181 Å². The first kappa shape index (κ1) is 19.1. The molecular weight excluding hydrogens is 386 g/mol. The Hall–Kier alpha value is -3.86. The van der Waals surface area contributed by atoms with E-state index in [1.807, 2.05) is 48.5 Å². The van der Waals surface area contributed by atoms with Crippen LogP contribution in [0.1, 0.15) is 29.2 Å². The number of benzene rings is 3. The van der Waals surface area contributed by atoms with Gasteiger partial charge in [0.05, 0.1) is 24.9 Å². The minimum Gasteiger partial charge on any atom is -0.497 e. The predicted octanol–water partition coefficient (Wildman–Crippen LogP) is 5.82. The summed E-state index contributed by atoms with van der Waals surface area (Å²) in [6.07, 6.45) is 3.51. The van der Waals surface area contributed by atoms with Crippen molar-refractivity contribution in [2.75, 3.05) is 12.4 Å². The molecule has 5 heteroatoms. The van der Waals surface area contributed by atoms with E-state index in [1.165, 1.54) is 17.3 Å². The zero-order chi connectivity index (χ0) is 21.2. The average molecular weight is 409 g/mol. The Morgan fingerprint density at radius 3 is 2.61 bits per heavy atom. The summed E-state index contributed by atoms with van der Waals surface area (Å²) in [5.41, 5.74) is 6.29. The lowest BCUT2D eigenvalue weighted by Crippen LogP contribution is -2.11. The monoisotopic (exact) mass is 409 g/mol. The molecule has 0 unspecified atom stereocenters. The lowest BCUT2D eigenvalue weighted by Gasteiger charge is -2.20. The van der Waals surface area contributed by atoms with Gasteiger partial charge in [0.2, 0.25) is 0 Å². The van der Waals surface area contributed by atoms with Crippen LogP contribution in [0, 0.1) is 0 Å². The third-order valence-electron chi connectivity index (χ3n) is 5.94. The number of pyridine rings is 1. The van der Waals surface area contributed by atoms with Crippen molar-refractivity contribution in [1.29, 1.82) is 0 Å². The number of aryl methyl sites for hydroxylation is 1. The molecule has 1 aromatic heterocycles. The van der Waals surface area contributed by atoms with Gasteiger partial charge in [-0.05, 0) is 47.7 Å². The number of ether oxygens (including phenoxy) is 1. The molecule has 0 fully saturated rings. The van der Waals surface area contributed by atoms with E-state index in [4.69, 9.17) is 9.72 Å². The van der Waals surface area contributed by atoms with Crippen molar-refractivity contribution < 1.29 is 9.94 Å². The van der Waals surface area contributed by atoms with Crippen LogP contribution in [0.25, 0.3) is 22.0 Å². The normalized spacial score (nSPS) is 15.3. The van der Waals surface area contributed by atoms with Gasteiger partial charge in [-0.3, -0.25) is 0 Å². The van der Waals surface area contributed by atoms with Crippen LogP contribution in [0.4, 0.5) is 5.82 Å². The van der Waals surface area contributed by atoms with Crippen molar-refractivity contribution in [3.63, 3.8) is 0 Å². The smallest absolute Gasteiger partial charge is 0.136 e. The van der Waals surface area contributed by atoms with Gasteiger partial charge in [0, 0.05) is 16.5 Å². The van der Waals surface area contributed by atoms with E-state index >= 15 is 0 Å². The van der Waals surface area contributed by atoms with E-state index < -0.39 is 0 Å². The number of nitrogens with one attached hydrogen (secondary N) is 1. The van der Waals surface area contributed by atoms with Gasteiger partial charge in [-0.1, -0.05) is 59.8 Å². The quantitative estimate of drug-likeness (QED) is 0.248. The summed E-state index contributed by atoms with van der Waals surface area (Å²) in [6, 6.07) is 24.6. The molecule has 4 aromatic rings. The highest BCUT2D eigenvalue weighted by Crippen LogP contribution is 2.38. The molecule has 1 atom stereocenters. The van der Waals surface area contributed by atoms with Crippen molar-refractivity contribution in [2.45, 2.75) is 18.9 Å². The van der Waals surface area contributed by atoms with Crippen LogP contribution in [0.2, 0.25) is 0 Å². The number of rotatable bonds is 5. The molecule has 0 bridgehead atoms. The van der Waals surface area contributed by atoms with E-state index in [0.717, 1.165) is 46.2 Å². The number of nitrogens with zero attached hydrogens (tertiary/aromatic N) is 2. The van der Waals surface area contributed by atoms with Crippen LogP contribution in [0.3, 0.4) is 0 Å². The molecule has 31 heavy (non-hydrogen) atoms. The minimum absolute atomic E-state index is 0.166. The van der Waals surface area contributed by atoms with Crippen molar-refractivity contribution >= 4 is 22.9 Å². The molecule has 5 rings (SSSR count). The molecule has 154 valence electrons. The van der Waals surface area contributed by atoms with E-state index in [9.17, 15) is 5.21 Å². The van der Waals surface area contributed by atoms with Crippen LogP contribution in [0.15, 0.2) is 78.0 Å². The maximum Gasteiger partial charge on any atom is 0.136 e. The molecule has 0 radical (unpaired) electrons. The van der Waals surface area contributed by atoms with Crippen LogP contribution >= 0.6 is 0 Å². The Kier molecular flexibility index (Phi) is 5.00. The molecule has 1 heterocycles. The predicted molar refractivity (Wildman–Crippen MR) is 124 cm³/mol. The number of hydrogen-bond donors (Lipinski definition) is 2. The summed E-state index contributed by atoms with van der Waals surface area (Å²) in [4.78, 5) is 4.91. The second-order valence-corrected chi connectivity index (χ2v) is 7.67. The fraction of sp³-hybridized carbons (Fsp3) is 0.154. The van der Waals surface area contributed by atoms with E-state index in [2.05, 4.69) is 34.7 Å². The highest BCUT2D eigenvalue weighted by atomic mass is 16.5. The number of hydrogen-bond acceptors (Lipinski definition) is 5. The summed E-state index contributed by atoms with van der Waals surface area (Å²) in [6.45, 7) is 0. The summed E-state index contributed by atoms with van der Waals surface area (Å²) in [5, 5.41) is 17.5. The number of oxime groups is 1. The lowest BCUT2D eigenvalue weighted by atomic mass is 9.95. The van der Waals surface area contributed by atoms with Gasteiger partial charge in [0.1, 0.15) is 11.6 Å². The van der Waals surface area contributed by atoms with Crippen molar-refractivity contribution in [3.05, 3.63) is 89.5 Å². The molecule has 0 aliphatic heterocycles. The van der Waals surface area contributed by atoms with Crippen molar-refractivity contribution in [2.24, 2.45) is 5.16 Å². The van der Waals surface area contributed by atoms with Gasteiger partial charge >= 0.3 is 0 Å². The van der Waals surface area contributed by atoms with E-state index in [1.54, 1.807) is 7.11 Å². The zero-order valence-electron chi connectivity index (χ0n) is 17.2. The zero-order valence-corrected chi connectivity index (χ0v) is 17.2. The van der Waals surface area contributed by atoms with E-state index in [-0.39, 0.29) is 6.04 Å². The Morgan fingerprint density at radius 2 is 1.81 bits per heavy atom. The highest BCUT2D eigenvalue weighted by molar-refractivity contribution is 6.07. The molecule has 3 aromatic carbocycles. The largest absolute Gasteiger partial charge is 0.497 e. The molecule has 1 aliphatic rings. The Bertz CT molecular complexity index is 1270. The molecule has 0 spiro atoms. The molecule has 0 amide bonds. The Morgan fingerprint density at radius 1 is 1.03 bits per heavy atom. The highest BCUT2D eigenvalue weighted by Gasteiger charge is 2.24. The number of methoxy groups -OCH3 is 1. The van der Waals surface area contributed by atoms with Crippen molar-refractivity contribution in [1.82, 2.24) is 4.98 Å². The average Bonchev–Trinajstić information content (AvgIpc) is 3.22. The SMILES string of the molecule is COc1ccc(-c2c(/C=N/O)c(N[C@@H]3CCc4ccccc43)nc3ccccc23)cc1. The van der Waals surface area contributed by atoms with Gasteiger partial charge in [0.25, 0.3) is 0 Å². The first-order chi connectivity index (χ1) is 15.3. The first-order valence-electron chi connectivity index (χ1n) is 10.4. The lowest BCUT2D eigenvalue weighted by molar-refractivity contribution is 0.322. The number of para-hydroxylation sites is 1. The minimum atomic E-state index is 0.166. The number of aromatic nitrogens is 1. The summed E-state index contributed by atoms with van der Waals surface area (Å²) >= 11 is 0. The van der Waals surface area contributed by atoms with Gasteiger partial charge in [-0.25, -0.2) is 4.98 Å². The van der Waals surface area contributed by atoms with Crippen LogP contribution < -0.4 is 10.1 Å². The van der Waals surface area contributed by atoms with Crippen molar-refractivity contribution in [3.8, 4) is 16.9 Å². The standard InChI is InChI=1S/C26H23N3O2/c1-31-19-13-10-18(11-14-19)25-21-8-4-5-9-23(21)28-26(22(25)16-27-30)29-24-15-12-17-6-2-3-7-20(17)24/h2-11,13-14,16,24,30H,12,15H2,1H3,(H,28,29)/b27-16+/t24-/m1/s1. The fourth-order valence-corrected chi connectivity index (χ4v) is 4.46. The maximum absolute atomic E-state index is 9.48. The fourth-order valence-electron chi connectivity index (χ4n) is 4.46. The Balaban J connectivity index is 1.69. The topological polar surface area (TPSA) is 66.7 Å². The second-order valence-electron chi connectivity index (χ2n) is 7.67. The second kappa shape index (κ2) is 8.11. The summed E-state index contributed by atoms with van der Waals surface area (Å²) in [5.74, 6) is 1.50. The summed E-state index contributed by atoms with van der Waals surface area (Å²) in [7, 11) is 1.65. The van der Waals surface area contributed by atoms with Crippen LogP contribution in [0.5, 0.6) is 5.75 Å². The molecule has 1 aliphatic carbocycles. The first-order valence-corrected chi connectivity index (χ1v) is 10.4. The van der Waals surface area contributed by atoms with Gasteiger partial charge < -0.3 is 15.3 Å². The number of anilines is 1. The molecule has 2 N–H and O–H groups in total. The third kappa shape index (κ3) is 3.48.